The van der Waals surface area contributed by atoms with Crippen LogP contribution in [0.2, 0.25) is 0 Å². The molecule has 0 aliphatic carbocycles. The van der Waals surface area contributed by atoms with Crippen LogP contribution in [-0.2, 0) is 0 Å². The van der Waals surface area contributed by atoms with Gasteiger partial charge in [-0.1, -0.05) is 72.8 Å². The van der Waals surface area contributed by atoms with Crippen LogP contribution in [0.15, 0.2) is 218 Å². The first-order chi connectivity index (χ1) is 48.4. The van der Waals surface area contributed by atoms with E-state index < -0.39 is 29.1 Å². The van der Waals surface area contributed by atoms with E-state index in [-0.39, 0.29) is 0 Å². The summed E-state index contributed by atoms with van der Waals surface area (Å²) in [4.78, 5) is 0. The van der Waals surface area contributed by atoms with Gasteiger partial charge in [0.2, 0.25) is 0 Å². The molecule has 12 aromatic rings. The van der Waals surface area contributed by atoms with Gasteiger partial charge in [0.15, 0.2) is 0 Å². The number of aryl methyl sites for hydroxylation is 24. The van der Waals surface area contributed by atoms with Crippen molar-refractivity contribution in [3.05, 3.63) is 352 Å². The summed E-state index contributed by atoms with van der Waals surface area (Å²) in [5, 5.41) is 42.6. The van der Waals surface area contributed by atoms with Gasteiger partial charge in [0.1, 0.15) is 85.4 Å². The van der Waals surface area contributed by atoms with Gasteiger partial charge >= 0.3 is 0 Å². The van der Waals surface area contributed by atoms with Crippen molar-refractivity contribution in [2.45, 2.75) is 166 Å². The Morgan fingerprint density at radius 3 is 0.223 bits per heavy atom. The molecule has 0 N–H and O–H groups in total. The van der Waals surface area contributed by atoms with Crippen LogP contribution in [0.4, 0.5) is 0 Å². The zero-order chi connectivity index (χ0) is 75.3. The first kappa shape index (κ1) is 79.0. The third-order valence-corrected chi connectivity index (χ3v) is 31.5. The average molecular weight is 1410 g/mol. The van der Waals surface area contributed by atoms with Gasteiger partial charge in [0, 0.05) is 0 Å². The number of hydrogen-bond acceptors (Lipinski definition) is 3. The molecule has 0 atom stereocenters. The van der Waals surface area contributed by atoms with Crippen molar-refractivity contribution in [1.82, 2.24) is 0 Å². The molecule has 12 rings (SSSR count). The highest BCUT2D eigenvalue weighted by Crippen LogP contribution is 2.58. The summed E-state index contributed by atoms with van der Waals surface area (Å²) in [5.41, 5.74) is 31.8. The summed E-state index contributed by atoms with van der Waals surface area (Å²) in [7, 11) is -9.28. The van der Waals surface area contributed by atoms with E-state index in [1.807, 2.05) is 0 Å². The highest BCUT2D eigenvalue weighted by atomic mass is 31.2. The fourth-order valence-electron chi connectivity index (χ4n) is 16.4. The molecule has 7 heteroatoms. The van der Waals surface area contributed by atoms with Gasteiger partial charge in [-0.15, -0.1) is 0 Å². The first-order valence-electron chi connectivity index (χ1n) is 36.2. The molecule has 0 aliphatic heterocycles. The van der Waals surface area contributed by atoms with Crippen molar-refractivity contribution in [3.63, 3.8) is 0 Å². The van der Waals surface area contributed by atoms with E-state index in [0.717, 1.165) is 0 Å². The lowest BCUT2D eigenvalue weighted by molar-refractivity contribution is -0.479. The molecule has 0 fully saturated rings. The summed E-state index contributed by atoms with van der Waals surface area (Å²) in [6.45, 7) is 53.6. The fourth-order valence-corrected chi connectivity index (χ4v) is 31.3. The van der Waals surface area contributed by atoms with E-state index in [0.29, 0.717) is 0 Å². The minimum atomic E-state index is -2.92. The van der Waals surface area contributed by atoms with Crippen molar-refractivity contribution < 1.29 is 15.1 Å². The SMILES string of the molecule is Cc1cc(C)cc([P+](c2cc(C)cc(C)c2)(c2cc(C)cc(C)c2)c2cc(C)cc(C)c2)c1.Cc1cc(C)cc([P+](c2cc(C)cc(C)c2)(c2cc(C)cc(C)c2)c2cc(C)cc(C)c2)c1.Cc1cc(C)cc([P+](c2cc(C)cc(C)c2)(c2cc(C)cc(C)c2)c2cc(C)cc(C)c2)c1.[O-]B([O-])[O-]. The molecule has 0 aliphatic rings. The minimum Gasteiger partial charge on any atom is -0.907 e. The Morgan fingerprint density at radius 1 is 0.126 bits per heavy atom. The summed E-state index contributed by atoms with van der Waals surface area (Å²) >= 11 is 0. The second-order valence-corrected chi connectivity index (χ2v) is 40.7. The molecular weight excluding hydrogens is 1300 g/mol. The topological polar surface area (TPSA) is 69.2 Å². The summed E-state index contributed by atoms with van der Waals surface area (Å²) in [6, 6.07) is 86.1. The van der Waals surface area contributed by atoms with Crippen LogP contribution < -0.4 is 78.7 Å². The van der Waals surface area contributed by atoms with Crippen molar-refractivity contribution in [2.24, 2.45) is 0 Å². The van der Waals surface area contributed by atoms with Crippen LogP contribution >= 0.6 is 21.8 Å². The largest absolute Gasteiger partial charge is 0.907 e. The van der Waals surface area contributed by atoms with Gasteiger partial charge in [-0.3, -0.25) is 7.32 Å². The smallest absolute Gasteiger partial charge is 0.144 e. The molecule has 3 nitrogen and oxygen atoms in total. The van der Waals surface area contributed by atoms with Gasteiger partial charge < -0.3 is 15.1 Å². The molecule has 0 saturated heterocycles. The van der Waals surface area contributed by atoms with E-state index in [9.17, 15) is 0 Å². The van der Waals surface area contributed by atoms with Gasteiger partial charge in [0.05, 0.1) is 0 Å². The lowest BCUT2D eigenvalue weighted by Crippen LogP contribution is -2.56. The standard InChI is InChI=1S/3C32H36P.BO3/c3*1-21-9-22(2)14-29(13-21)33(30-15-23(3)10-24(4)16-30,31-17-25(5)11-26(6)18-31)32-19-27(7)12-28(8)20-32;2-1(3)4/h3*9-20H,1-8H3;/q3*+1;-3. The molecule has 12 aromatic carbocycles. The monoisotopic (exact) mass is 1410 g/mol. The van der Waals surface area contributed by atoms with Crippen molar-refractivity contribution in [2.75, 3.05) is 0 Å². The van der Waals surface area contributed by atoms with Gasteiger partial charge in [0.25, 0.3) is 0 Å². The molecule has 0 aromatic heterocycles. The van der Waals surface area contributed by atoms with Crippen molar-refractivity contribution in [3.8, 4) is 0 Å². The van der Waals surface area contributed by atoms with E-state index in [1.165, 1.54) is 197 Å². The molecule has 0 spiro atoms. The number of rotatable bonds is 12. The van der Waals surface area contributed by atoms with Crippen LogP contribution in [-0.4, -0.2) is 7.32 Å². The van der Waals surface area contributed by atoms with E-state index in [1.54, 1.807) is 0 Å². The van der Waals surface area contributed by atoms with E-state index in [4.69, 9.17) is 15.1 Å². The van der Waals surface area contributed by atoms with Crippen LogP contribution in [0, 0.1) is 166 Å². The lowest BCUT2D eigenvalue weighted by atomic mass is 10.1. The fraction of sp³-hybridized carbons (Fsp3) is 0.250. The third kappa shape index (κ3) is 18.3. The Labute approximate surface area is 621 Å². The molecule has 103 heavy (non-hydrogen) atoms. The van der Waals surface area contributed by atoms with Gasteiger partial charge in [-0.25, -0.2) is 0 Å². The Kier molecular flexibility index (Phi) is 25.2. The molecular formula is C96H108BO3P3. The summed E-state index contributed by atoms with van der Waals surface area (Å²) < 4.78 is 0. The molecule has 0 heterocycles. The maximum absolute atomic E-state index is 8.42. The highest BCUT2D eigenvalue weighted by Gasteiger charge is 2.52. The Bertz CT molecular complexity index is 3730. The van der Waals surface area contributed by atoms with Crippen molar-refractivity contribution >= 4 is 92.8 Å². The molecule has 0 bridgehead atoms. The predicted molar refractivity (Wildman–Crippen MR) is 453 cm³/mol. The minimum absolute atomic E-state index is 1.33. The molecule has 0 radical (unpaired) electrons. The Morgan fingerprint density at radius 2 is 0.175 bits per heavy atom. The van der Waals surface area contributed by atoms with Crippen LogP contribution in [0.5, 0.6) is 0 Å². The Hall–Kier alpha value is -8.13. The van der Waals surface area contributed by atoms with Gasteiger partial charge in [-0.05, 0) is 445 Å². The summed E-state index contributed by atoms with van der Waals surface area (Å²) in [6.07, 6.45) is 0. The van der Waals surface area contributed by atoms with Crippen LogP contribution in [0.3, 0.4) is 0 Å². The molecule has 0 amide bonds. The molecule has 0 unspecified atom stereocenters. The second kappa shape index (κ2) is 32.9. The number of hydrogen-bond donors (Lipinski definition) is 0. The zero-order valence-corrected chi connectivity index (χ0v) is 68.6. The average Bonchev–Trinajstić information content (AvgIpc) is 0.738. The Balaban J connectivity index is 0.000000175. The molecule has 0 saturated carbocycles. The van der Waals surface area contributed by atoms with Crippen LogP contribution in [0.25, 0.3) is 0 Å². The molecule has 528 valence electrons. The summed E-state index contributed by atoms with van der Waals surface area (Å²) in [5.74, 6) is 0. The third-order valence-electron chi connectivity index (χ3n) is 19.1. The quantitative estimate of drug-likeness (QED) is 0.0904. The number of benzene rings is 12. The second-order valence-electron chi connectivity index (χ2n) is 30.5. The maximum Gasteiger partial charge on any atom is 0.144 e. The maximum atomic E-state index is 8.42. The van der Waals surface area contributed by atoms with E-state index in [2.05, 4.69) is 385 Å². The predicted octanol–water partition coefficient (Wildman–Crippen LogP) is 16.4. The highest BCUT2D eigenvalue weighted by molar-refractivity contribution is 8.02. The van der Waals surface area contributed by atoms with Crippen LogP contribution in [0.1, 0.15) is 134 Å². The first-order valence-corrected chi connectivity index (χ1v) is 41.5. The lowest BCUT2D eigenvalue weighted by Gasteiger charge is -2.35. The normalized spacial score (nSPS) is 11.4. The van der Waals surface area contributed by atoms with E-state index >= 15 is 0 Å². The zero-order valence-electron chi connectivity index (χ0n) is 65.9. The van der Waals surface area contributed by atoms with Crippen molar-refractivity contribution in [1.29, 1.82) is 0 Å². The van der Waals surface area contributed by atoms with Gasteiger partial charge in [-0.2, -0.15) is 0 Å².